The van der Waals surface area contributed by atoms with Crippen molar-refractivity contribution in [3.63, 3.8) is 0 Å². The molecular formula is C14H19N. The lowest BCUT2D eigenvalue weighted by atomic mass is 9.94. The third kappa shape index (κ3) is 1.50. The van der Waals surface area contributed by atoms with Crippen LogP contribution in [0, 0.1) is 11.8 Å². The summed E-state index contributed by atoms with van der Waals surface area (Å²) in [5, 5.41) is 3.54. The first-order valence-electron chi connectivity index (χ1n) is 6.12. The average Bonchev–Trinajstić information content (AvgIpc) is 2.54. The van der Waals surface area contributed by atoms with Gasteiger partial charge in [0.15, 0.2) is 0 Å². The van der Waals surface area contributed by atoms with Gasteiger partial charge in [0.05, 0.1) is 0 Å². The Labute approximate surface area is 91.9 Å². The minimum absolute atomic E-state index is 0.761. The molecule has 0 amide bonds. The van der Waals surface area contributed by atoms with E-state index in [4.69, 9.17) is 0 Å². The van der Waals surface area contributed by atoms with Crippen molar-refractivity contribution in [2.45, 2.75) is 31.7 Å². The highest BCUT2D eigenvalue weighted by atomic mass is 14.9. The summed E-state index contributed by atoms with van der Waals surface area (Å²) in [4.78, 5) is 0. The Bertz CT molecular complexity index is 325. The van der Waals surface area contributed by atoms with Gasteiger partial charge < -0.3 is 5.32 Å². The van der Waals surface area contributed by atoms with E-state index in [2.05, 4.69) is 36.6 Å². The molecule has 0 spiro atoms. The van der Waals surface area contributed by atoms with E-state index in [1.807, 2.05) is 0 Å². The molecule has 1 aromatic carbocycles. The summed E-state index contributed by atoms with van der Waals surface area (Å²) in [6, 6.07) is 9.78. The van der Waals surface area contributed by atoms with E-state index in [0.29, 0.717) is 0 Å². The third-order valence-corrected chi connectivity index (χ3v) is 4.34. The van der Waals surface area contributed by atoms with E-state index in [-0.39, 0.29) is 0 Å². The monoisotopic (exact) mass is 201 g/mol. The smallest absolute Gasteiger partial charge is 0.0127 e. The van der Waals surface area contributed by atoms with Crippen LogP contribution in [0.4, 0.5) is 0 Å². The minimum Gasteiger partial charge on any atom is -0.316 e. The van der Waals surface area contributed by atoms with Gasteiger partial charge in [-0.3, -0.25) is 0 Å². The topological polar surface area (TPSA) is 12.0 Å². The number of hydrogen-bond acceptors (Lipinski definition) is 1. The molecular weight excluding hydrogens is 182 g/mol. The van der Waals surface area contributed by atoms with Gasteiger partial charge >= 0.3 is 0 Å². The Hall–Kier alpha value is -0.820. The molecule has 0 aromatic heterocycles. The molecule has 1 N–H and O–H groups in total. The minimum atomic E-state index is 0.761. The van der Waals surface area contributed by atoms with Crippen LogP contribution in [0.15, 0.2) is 24.3 Å². The molecule has 0 saturated heterocycles. The SMILES string of the molecule is CNC1C2CCC1Cc1ccccc1C2. The largest absolute Gasteiger partial charge is 0.316 e. The van der Waals surface area contributed by atoms with Gasteiger partial charge in [0.2, 0.25) is 0 Å². The Morgan fingerprint density at radius 1 is 1.00 bits per heavy atom. The molecule has 1 aromatic rings. The maximum Gasteiger partial charge on any atom is 0.0127 e. The summed E-state index contributed by atoms with van der Waals surface area (Å²) < 4.78 is 0. The molecule has 2 unspecified atom stereocenters. The molecule has 0 aliphatic heterocycles. The van der Waals surface area contributed by atoms with Crippen molar-refractivity contribution < 1.29 is 0 Å². The molecule has 2 aliphatic carbocycles. The number of rotatable bonds is 1. The third-order valence-electron chi connectivity index (χ3n) is 4.34. The Morgan fingerprint density at radius 2 is 1.53 bits per heavy atom. The van der Waals surface area contributed by atoms with Crippen LogP contribution in [0.25, 0.3) is 0 Å². The lowest BCUT2D eigenvalue weighted by Crippen LogP contribution is -2.35. The van der Waals surface area contributed by atoms with Crippen LogP contribution in [0.5, 0.6) is 0 Å². The van der Waals surface area contributed by atoms with Crippen LogP contribution in [0.3, 0.4) is 0 Å². The van der Waals surface area contributed by atoms with Gasteiger partial charge in [0.25, 0.3) is 0 Å². The van der Waals surface area contributed by atoms with Crippen molar-refractivity contribution in [1.29, 1.82) is 0 Å². The van der Waals surface area contributed by atoms with E-state index >= 15 is 0 Å². The Kier molecular flexibility index (Phi) is 2.28. The fraction of sp³-hybridized carbons (Fsp3) is 0.571. The second-order valence-electron chi connectivity index (χ2n) is 5.09. The summed E-state index contributed by atoms with van der Waals surface area (Å²) >= 11 is 0. The van der Waals surface area contributed by atoms with E-state index in [1.165, 1.54) is 25.7 Å². The summed E-state index contributed by atoms with van der Waals surface area (Å²) in [7, 11) is 2.13. The first kappa shape index (κ1) is 9.41. The molecule has 0 radical (unpaired) electrons. The predicted molar refractivity (Wildman–Crippen MR) is 62.9 cm³/mol. The van der Waals surface area contributed by atoms with Crippen LogP contribution >= 0.6 is 0 Å². The molecule has 2 bridgehead atoms. The van der Waals surface area contributed by atoms with Gasteiger partial charge in [0.1, 0.15) is 0 Å². The molecule has 1 nitrogen and oxygen atoms in total. The summed E-state index contributed by atoms with van der Waals surface area (Å²) in [5.74, 6) is 1.76. The second kappa shape index (κ2) is 3.64. The standard InChI is InChI=1S/C14H19N/c1-15-14-12-6-7-13(14)9-11-5-3-2-4-10(11)8-12/h2-5,12-15H,6-9H2,1H3. The highest BCUT2D eigenvalue weighted by Crippen LogP contribution is 2.39. The van der Waals surface area contributed by atoms with Crippen LogP contribution in [-0.4, -0.2) is 13.1 Å². The van der Waals surface area contributed by atoms with E-state index in [0.717, 1.165) is 17.9 Å². The van der Waals surface area contributed by atoms with E-state index in [9.17, 15) is 0 Å². The fourth-order valence-corrected chi connectivity index (χ4v) is 3.62. The van der Waals surface area contributed by atoms with Crippen LogP contribution < -0.4 is 5.32 Å². The Balaban J connectivity index is 1.97. The van der Waals surface area contributed by atoms with Crippen molar-refractivity contribution >= 4 is 0 Å². The maximum atomic E-state index is 3.54. The second-order valence-corrected chi connectivity index (χ2v) is 5.09. The predicted octanol–water partition coefficient (Wildman–Crippen LogP) is 2.40. The highest BCUT2D eigenvalue weighted by molar-refractivity contribution is 5.30. The first-order valence-corrected chi connectivity index (χ1v) is 6.12. The average molecular weight is 201 g/mol. The molecule has 1 saturated carbocycles. The quantitative estimate of drug-likeness (QED) is 0.735. The number of fused-ring (bicyclic) bond motifs is 3. The normalized spacial score (nSPS) is 33.5. The van der Waals surface area contributed by atoms with Crippen molar-refractivity contribution in [2.24, 2.45) is 11.8 Å². The van der Waals surface area contributed by atoms with Crippen molar-refractivity contribution in [3.8, 4) is 0 Å². The molecule has 1 fully saturated rings. The van der Waals surface area contributed by atoms with Gasteiger partial charge in [0, 0.05) is 6.04 Å². The molecule has 80 valence electrons. The van der Waals surface area contributed by atoms with Crippen molar-refractivity contribution in [1.82, 2.24) is 5.32 Å². The van der Waals surface area contributed by atoms with Gasteiger partial charge in [-0.05, 0) is 55.7 Å². The molecule has 15 heavy (non-hydrogen) atoms. The van der Waals surface area contributed by atoms with E-state index < -0.39 is 0 Å². The molecule has 2 atom stereocenters. The summed E-state index contributed by atoms with van der Waals surface area (Å²) in [6.45, 7) is 0. The zero-order valence-electron chi connectivity index (χ0n) is 9.37. The van der Waals surface area contributed by atoms with Crippen LogP contribution in [0.2, 0.25) is 0 Å². The lowest BCUT2D eigenvalue weighted by molar-refractivity contribution is 0.364. The Morgan fingerprint density at radius 3 is 2.00 bits per heavy atom. The summed E-state index contributed by atoms with van der Waals surface area (Å²) in [6.07, 6.45) is 5.42. The molecule has 3 rings (SSSR count). The summed E-state index contributed by atoms with van der Waals surface area (Å²) in [5.41, 5.74) is 3.20. The molecule has 2 aliphatic rings. The maximum absolute atomic E-state index is 3.54. The highest BCUT2D eigenvalue weighted by Gasteiger charge is 2.37. The first-order chi connectivity index (χ1) is 7.38. The fourth-order valence-electron chi connectivity index (χ4n) is 3.62. The number of benzene rings is 1. The van der Waals surface area contributed by atoms with Gasteiger partial charge in [-0.1, -0.05) is 24.3 Å². The molecule has 0 heterocycles. The van der Waals surface area contributed by atoms with Gasteiger partial charge in [-0.25, -0.2) is 0 Å². The zero-order chi connectivity index (χ0) is 10.3. The van der Waals surface area contributed by atoms with E-state index in [1.54, 1.807) is 11.1 Å². The number of nitrogens with one attached hydrogen (secondary N) is 1. The van der Waals surface area contributed by atoms with Crippen LogP contribution in [0.1, 0.15) is 24.0 Å². The number of hydrogen-bond donors (Lipinski definition) is 1. The lowest BCUT2D eigenvalue weighted by Gasteiger charge is -2.21. The van der Waals surface area contributed by atoms with Gasteiger partial charge in [-0.15, -0.1) is 0 Å². The molecule has 1 heteroatoms. The van der Waals surface area contributed by atoms with Crippen molar-refractivity contribution in [3.05, 3.63) is 35.4 Å². The zero-order valence-corrected chi connectivity index (χ0v) is 9.37. The van der Waals surface area contributed by atoms with Crippen molar-refractivity contribution in [2.75, 3.05) is 7.05 Å². The van der Waals surface area contributed by atoms with Crippen LogP contribution in [-0.2, 0) is 12.8 Å². The van der Waals surface area contributed by atoms with Gasteiger partial charge in [-0.2, -0.15) is 0 Å².